The van der Waals surface area contributed by atoms with Crippen molar-refractivity contribution in [3.63, 3.8) is 0 Å². The van der Waals surface area contributed by atoms with Gasteiger partial charge in [0.2, 0.25) is 0 Å². The summed E-state index contributed by atoms with van der Waals surface area (Å²) in [5, 5.41) is 16.0. The Balaban J connectivity index is 1.89. The Bertz CT molecular complexity index is 931. The predicted octanol–water partition coefficient (Wildman–Crippen LogP) is 2.52. The third-order valence-electron chi connectivity index (χ3n) is 4.34. The van der Waals surface area contributed by atoms with E-state index in [4.69, 9.17) is 4.74 Å². The van der Waals surface area contributed by atoms with Crippen LogP contribution in [0.5, 0.6) is 0 Å². The third kappa shape index (κ3) is 6.13. The Hall–Kier alpha value is -3.75. The highest BCUT2D eigenvalue weighted by atomic mass is 16.6. The van der Waals surface area contributed by atoms with E-state index in [1.54, 1.807) is 0 Å². The molecular formula is C21H23N3O6. The minimum atomic E-state index is -1.07. The van der Waals surface area contributed by atoms with Crippen LogP contribution in [-0.2, 0) is 14.3 Å². The smallest absolute Gasteiger partial charge is 0.329 e. The lowest BCUT2D eigenvalue weighted by Crippen LogP contribution is -2.43. The van der Waals surface area contributed by atoms with Gasteiger partial charge in [0.05, 0.1) is 11.0 Å². The molecule has 2 rings (SSSR count). The fourth-order valence-electron chi connectivity index (χ4n) is 2.59. The maximum atomic E-state index is 12.3. The summed E-state index contributed by atoms with van der Waals surface area (Å²) < 4.78 is 5.14. The van der Waals surface area contributed by atoms with Crippen molar-refractivity contribution in [3.05, 3.63) is 75.8 Å². The number of hydrogen-bond donors (Lipinski definition) is 2. The second-order valence-electron chi connectivity index (χ2n) is 6.72. The van der Waals surface area contributed by atoms with Gasteiger partial charge in [0.15, 0.2) is 6.10 Å². The number of amides is 2. The van der Waals surface area contributed by atoms with Crippen LogP contribution in [0.1, 0.15) is 42.7 Å². The molecule has 0 spiro atoms. The van der Waals surface area contributed by atoms with Crippen molar-refractivity contribution < 1.29 is 24.0 Å². The molecule has 2 aromatic carbocycles. The molecule has 9 heteroatoms. The molecule has 0 fully saturated rings. The first-order chi connectivity index (χ1) is 14.2. The van der Waals surface area contributed by atoms with E-state index >= 15 is 0 Å². The minimum absolute atomic E-state index is 0.0336. The zero-order chi connectivity index (χ0) is 22.3. The second kappa shape index (κ2) is 10.1. The van der Waals surface area contributed by atoms with Crippen LogP contribution in [0.2, 0.25) is 0 Å². The summed E-state index contributed by atoms with van der Waals surface area (Å²) in [6.07, 6.45) is -1.07. The summed E-state index contributed by atoms with van der Waals surface area (Å²) in [6.45, 7) is 4.64. The van der Waals surface area contributed by atoms with Gasteiger partial charge in [-0.05, 0) is 32.4 Å². The number of benzene rings is 2. The largest absolute Gasteiger partial charge is 0.451 e. The zero-order valence-electron chi connectivity index (χ0n) is 16.8. The van der Waals surface area contributed by atoms with Crippen molar-refractivity contribution in [2.24, 2.45) is 0 Å². The topological polar surface area (TPSA) is 128 Å². The molecule has 0 saturated heterocycles. The Morgan fingerprint density at radius 1 is 0.967 bits per heavy atom. The van der Waals surface area contributed by atoms with Crippen molar-refractivity contribution in [1.29, 1.82) is 0 Å². The van der Waals surface area contributed by atoms with E-state index in [9.17, 15) is 24.5 Å². The molecule has 0 aliphatic carbocycles. The molecule has 0 radical (unpaired) electrons. The molecular weight excluding hydrogens is 390 g/mol. The van der Waals surface area contributed by atoms with Crippen molar-refractivity contribution >= 4 is 23.5 Å². The van der Waals surface area contributed by atoms with Gasteiger partial charge in [0, 0.05) is 17.7 Å². The van der Waals surface area contributed by atoms with Crippen molar-refractivity contribution in [2.45, 2.75) is 39.0 Å². The SMILES string of the molecule is CC(NC(=O)c1cccc([N+](=O)[O-])c1)C(=O)OC(C)C(=O)NC(C)c1ccccc1. The molecule has 2 amide bonds. The number of nitrogens with zero attached hydrogens (tertiary/aromatic N) is 1. The second-order valence-corrected chi connectivity index (χ2v) is 6.72. The van der Waals surface area contributed by atoms with Crippen LogP contribution in [0.15, 0.2) is 54.6 Å². The molecule has 0 bridgehead atoms. The van der Waals surface area contributed by atoms with Gasteiger partial charge in [-0.2, -0.15) is 0 Å². The van der Waals surface area contributed by atoms with E-state index in [0.29, 0.717) is 0 Å². The van der Waals surface area contributed by atoms with Gasteiger partial charge in [0.1, 0.15) is 6.04 Å². The van der Waals surface area contributed by atoms with Gasteiger partial charge in [-0.3, -0.25) is 19.7 Å². The van der Waals surface area contributed by atoms with Gasteiger partial charge in [-0.15, -0.1) is 0 Å². The highest BCUT2D eigenvalue weighted by Crippen LogP contribution is 2.14. The summed E-state index contributed by atoms with van der Waals surface area (Å²) in [5.74, 6) is -1.95. The fraction of sp³-hybridized carbons (Fsp3) is 0.286. The number of rotatable bonds is 8. The third-order valence-corrected chi connectivity index (χ3v) is 4.34. The van der Waals surface area contributed by atoms with Crippen LogP contribution in [-0.4, -0.2) is 34.9 Å². The predicted molar refractivity (Wildman–Crippen MR) is 109 cm³/mol. The van der Waals surface area contributed by atoms with E-state index in [0.717, 1.165) is 11.6 Å². The number of carbonyl (C=O) groups excluding carboxylic acids is 3. The molecule has 30 heavy (non-hydrogen) atoms. The first-order valence-corrected chi connectivity index (χ1v) is 9.30. The number of non-ortho nitro benzene ring substituents is 1. The molecule has 0 aliphatic heterocycles. The Labute approximate surface area is 173 Å². The van der Waals surface area contributed by atoms with Gasteiger partial charge in [-0.25, -0.2) is 4.79 Å². The van der Waals surface area contributed by atoms with Crippen LogP contribution < -0.4 is 10.6 Å². The molecule has 2 aromatic rings. The van der Waals surface area contributed by atoms with Crippen LogP contribution >= 0.6 is 0 Å². The van der Waals surface area contributed by atoms with Gasteiger partial charge in [0.25, 0.3) is 17.5 Å². The van der Waals surface area contributed by atoms with E-state index in [2.05, 4.69) is 10.6 Å². The van der Waals surface area contributed by atoms with Crippen LogP contribution in [0.25, 0.3) is 0 Å². The standard InChI is InChI=1S/C21H23N3O6/c1-13(16-8-5-4-6-9-16)22-19(25)15(3)30-21(27)14(2)23-20(26)17-10-7-11-18(12-17)24(28)29/h4-15H,1-3H3,(H,22,25)(H,23,26). The van der Waals surface area contributed by atoms with E-state index < -0.39 is 34.9 Å². The summed E-state index contributed by atoms with van der Waals surface area (Å²) in [4.78, 5) is 47.0. The summed E-state index contributed by atoms with van der Waals surface area (Å²) in [7, 11) is 0. The average molecular weight is 413 g/mol. The molecule has 0 heterocycles. The fourth-order valence-corrected chi connectivity index (χ4v) is 2.59. The first kappa shape index (κ1) is 22.5. The lowest BCUT2D eigenvalue weighted by Gasteiger charge is -2.20. The summed E-state index contributed by atoms with van der Waals surface area (Å²) in [5.41, 5.74) is 0.698. The molecule has 0 saturated carbocycles. The lowest BCUT2D eigenvalue weighted by molar-refractivity contribution is -0.384. The molecule has 0 aromatic heterocycles. The van der Waals surface area contributed by atoms with Gasteiger partial charge in [-0.1, -0.05) is 36.4 Å². The Morgan fingerprint density at radius 2 is 1.63 bits per heavy atom. The summed E-state index contributed by atoms with van der Waals surface area (Å²) >= 11 is 0. The molecule has 0 aliphatic rings. The Kier molecular flexibility index (Phi) is 7.62. The quantitative estimate of drug-likeness (QED) is 0.389. The zero-order valence-corrected chi connectivity index (χ0v) is 16.8. The number of nitro benzene ring substituents is 1. The number of ether oxygens (including phenoxy) is 1. The Morgan fingerprint density at radius 3 is 2.27 bits per heavy atom. The molecule has 3 unspecified atom stereocenters. The first-order valence-electron chi connectivity index (χ1n) is 9.30. The van der Waals surface area contributed by atoms with Gasteiger partial charge >= 0.3 is 5.97 Å². The van der Waals surface area contributed by atoms with Crippen molar-refractivity contribution in [3.8, 4) is 0 Å². The summed E-state index contributed by atoms with van der Waals surface area (Å²) in [6, 6.07) is 13.1. The van der Waals surface area contributed by atoms with Crippen LogP contribution in [0, 0.1) is 10.1 Å². The highest BCUT2D eigenvalue weighted by Gasteiger charge is 2.25. The monoisotopic (exact) mass is 413 g/mol. The van der Waals surface area contributed by atoms with Crippen LogP contribution in [0.4, 0.5) is 5.69 Å². The molecule has 2 N–H and O–H groups in total. The van der Waals surface area contributed by atoms with Crippen molar-refractivity contribution in [1.82, 2.24) is 10.6 Å². The van der Waals surface area contributed by atoms with Gasteiger partial charge < -0.3 is 15.4 Å². The molecule has 3 atom stereocenters. The average Bonchev–Trinajstić information content (AvgIpc) is 2.74. The molecule has 9 nitrogen and oxygen atoms in total. The van der Waals surface area contributed by atoms with E-state index in [1.165, 1.54) is 32.0 Å². The maximum absolute atomic E-state index is 12.3. The van der Waals surface area contributed by atoms with Crippen molar-refractivity contribution in [2.75, 3.05) is 0 Å². The van der Waals surface area contributed by atoms with E-state index in [-0.39, 0.29) is 17.3 Å². The van der Waals surface area contributed by atoms with E-state index in [1.807, 2.05) is 37.3 Å². The number of nitrogens with one attached hydrogen (secondary N) is 2. The maximum Gasteiger partial charge on any atom is 0.329 e. The number of carbonyl (C=O) groups is 3. The number of esters is 1. The minimum Gasteiger partial charge on any atom is -0.451 e. The number of nitro groups is 1. The highest BCUT2D eigenvalue weighted by molar-refractivity contribution is 5.97. The normalized spacial score (nSPS) is 13.4. The van der Waals surface area contributed by atoms with Crippen LogP contribution in [0.3, 0.4) is 0 Å². The lowest BCUT2D eigenvalue weighted by atomic mass is 10.1. The number of hydrogen-bond acceptors (Lipinski definition) is 6. The molecule has 158 valence electrons.